The van der Waals surface area contributed by atoms with Crippen LogP contribution in [0.4, 0.5) is 11.4 Å². The minimum absolute atomic E-state index is 0.0768. The average Bonchev–Trinajstić information content (AvgIpc) is 2.41. The zero-order valence-electron chi connectivity index (χ0n) is 11.3. The summed E-state index contributed by atoms with van der Waals surface area (Å²) in [5, 5.41) is 17.0. The van der Waals surface area contributed by atoms with Gasteiger partial charge in [-0.2, -0.15) is 0 Å². The van der Waals surface area contributed by atoms with Gasteiger partial charge in [-0.1, -0.05) is 0 Å². The van der Waals surface area contributed by atoms with Crippen LogP contribution in [0, 0.1) is 17.0 Å². The highest BCUT2D eigenvalue weighted by Crippen LogP contribution is 2.27. The van der Waals surface area contributed by atoms with Gasteiger partial charge in [-0.25, -0.2) is 0 Å². The third-order valence-corrected chi connectivity index (χ3v) is 3.42. The Morgan fingerprint density at radius 2 is 2.10 bits per heavy atom. The van der Waals surface area contributed by atoms with E-state index in [4.69, 9.17) is 5.73 Å². The Hall–Kier alpha value is -2.15. The topological polar surface area (TPSA) is 110 Å². The van der Waals surface area contributed by atoms with Crippen molar-refractivity contribution in [2.24, 2.45) is 0 Å². The van der Waals surface area contributed by atoms with E-state index in [0.29, 0.717) is 5.56 Å². The van der Waals surface area contributed by atoms with Gasteiger partial charge in [0.25, 0.3) is 11.6 Å². The molecule has 1 aliphatic rings. The highest BCUT2D eigenvalue weighted by atomic mass is 16.6. The quantitative estimate of drug-likeness (QED) is 0.433. The molecule has 2 rings (SSSR count). The number of nitrogens with zero attached hydrogens (tertiary/aromatic N) is 1. The molecule has 0 bridgehead atoms. The molecule has 108 valence electrons. The zero-order chi connectivity index (χ0) is 14.7. The molecule has 1 amide bonds. The van der Waals surface area contributed by atoms with Crippen molar-refractivity contribution in [2.75, 3.05) is 18.8 Å². The first-order valence-corrected chi connectivity index (χ1v) is 6.55. The maximum Gasteiger partial charge on any atom is 0.293 e. The van der Waals surface area contributed by atoms with Crippen molar-refractivity contribution in [3.8, 4) is 0 Å². The number of aryl methyl sites for hydroxylation is 1. The second-order valence-electron chi connectivity index (χ2n) is 5.00. The Bertz CT molecular complexity index is 539. The first-order chi connectivity index (χ1) is 9.49. The van der Waals surface area contributed by atoms with Crippen LogP contribution < -0.4 is 16.4 Å². The van der Waals surface area contributed by atoms with E-state index in [2.05, 4.69) is 10.6 Å². The number of carbonyl (C=O) groups excluding carboxylic acids is 1. The molecule has 4 N–H and O–H groups in total. The lowest BCUT2D eigenvalue weighted by atomic mass is 10.0. The summed E-state index contributed by atoms with van der Waals surface area (Å²) in [6.07, 6.45) is 1.69. The molecule has 0 atom stereocenters. The van der Waals surface area contributed by atoms with Gasteiger partial charge in [0.05, 0.1) is 10.5 Å². The van der Waals surface area contributed by atoms with Crippen LogP contribution in [-0.2, 0) is 0 Å². The molecule has 0 unspecified atom stereocenters. The Morgan fingerprint density at radius 1 is 1.45 bits per heavy atom. The van der Waals surface area contributed by atoms with E-state index in [-0.39, 0.29) is 28.9 Å². The highest BCUT2D eigenvalue weighted by Gasteiger charge is 2.23. The number of hydrogen-bond acceptors (Lipinski definition) is 5. The van der Waals surface area contributed by atoms with Crippen LogP contribution >= 0.6 is 0 Å². The molecular weight excluding hydrogens is 260 g/mol. The largest absolute Gasteiger partial charge is 0.393 e. The van der Waals surface area contributed by atoms with Gasteiger partial charge in [0.1, 0.15) is 5.69 Å². The number of piperidine rings is 1. The van der Waals surface area contributed by atoms with Gasteiger partial charge in [-0.05, 0) is 44.5 Å². The van der Waals surface area contributed by atoms with E-state index >= 15 is 0 Å². The Morgan fingerprint density at radius 3 is 2.70 bits per heavy atom. The summed E-state index contributed by atoms with van der Waals surface area (Å²) in [7, 11) is 0. The van der Waals surface area contributed by atoms with Crippen molar-refractivity contribution in [1.82, 2.24) is 10.6 Å². The number of nitrogen functional groups attached to an aromatic ring is 1. The molecule has 1 aromatic rings. The van der Waals surface area contributed by atoms with Gasteiger partial charge in [0, 0.05) is 12.1 Å². The monoisotopic (exact) mass is 278 g/mol. The van der Waals surface area contributed by atoms with Crippen molar-refractivity contribution in [3.05, 3.63) is 33.4 Å². The first-order valence-electron chi connectivity index (χ1n) is 6.55. The summed E-state index contributed by atoms with van der Waals surface area (Å²) in [6.45, 7) is 3.41. The van der Waals surface area contributed by atoms with Crippen molar-refractivity contribution in [2.45, 2.75) is 25.8 Å². The van der Waals surface area contributed by atoms with Crippen LogP contribution in [0.1, 0.15) is 28.8 Å². The van der Waals surface area contributed by atoms with E-state index in [1.807, 2.05) is 0 Å². The predicted octanol–water partition coefficient (Wildman–Crippen LogP) is 0.967. The van der Waals surface area contributed by atoms with Crippen LogP contribution in [0.3, 0.4) is 0 Å². The molecule has 1 aromatic carbocycles. The lowest BCUT2D eigenvalue weighted by Gasteiger charge is -2.24. The van der Waals surface area contributed by atoms with E-state index in [9.17, 15) is 14.9 Å². The Kier molecular flexibility index (Phi) is 4.19. The van der Waals surface area contributed by atoms with Gasteiger partial charge < -0.3 is 16.4 Å². The SMILES string of the molecule is Cc1cc(C(=O)NC2CCNCC2)c(N)c([N+](=O)[O-])c1. The average molecular weight is 278 g/mol. The second kappa shape index (κ2) is 5.87. The summed E-state index contributed by atoms with van der Waals surface area (Å²) < 4.78 is 0. The lowest BCUT2D eigenvalue weighted by Crippen LogP contribution is -2.42. The summed E-state index contributed by atoms with van der Waals surface area (Å²) in [6, 6.07) is 3.04. The van der Waals surface area contributed by atoms with Crippen molar-refractivity contribution in [1.29, 1.82) is 0 Å². The number of benzene rings is 1. The lowest BCUT2D eigenvalue weighted by molar-refractivity contribution is -0.384. The number of nitrogens with one attached hydrogen (secondary N) is 2. The molecule has 1 heterocycles. The maximum absolute atomic E-state index is 12.2. The summed E-state index contributed by atoms with van der Waals surface area (Å²) in [5.74, 6) is -0.346. The van der Waals surface area contributed by atoms with E-state index in [1.165, 1.54) is 6.07 Å². The van der Waals surface area contributed by atoms with E-state index in [0.717, 1.165) is 25.9 Å². The third kappa shape index (κ3) is 3.05. The number of rotatable bonds is 3. The minimum Gasteiger partial charge on any atom is -0.393 e. The molecular formula is C13H18N4O3. The van der Waals surface area contributed by atoms with Crippen molar-refractivity contribution >= 4 is 17.3 Å². The van der Waals surface area contributed by atoms with Crippen LogP contribution in [0.2, 0.25) is 0 Å². The number of nitro benzene ring substituents is 1. The molecule has 7 nitrogen and oxygen atoms in total. The molecule has 0 saturated carbocycles. The normalized spacial score (nSPS) is 15.8. The van der Waals surface area contributed by atoms with Gasteiger partial charge in [0.2, 0.25) is 0 Å². The molecule has 0 aromatic heterocycles. The molecule has 7 heteroatoms. The summed E-state index contributed by atoms with van der Waals surface area (Å²) in [4.78, 5) is 22.6. The minimum atomic E-state index is -0.566. The smallest absolute Gasteiger partial charge is 0.293 e. The van der Waals surface area contributed by atoms with Crippen LogP contribution in [-0.4, -0.2) is 30.0 Å². The zero-order valence-corrected chi connectivity index (χ0v) is 11.3. The highest BCUT2D eigenvalue weighted by molar-refractivity contribution is 6.01. The Labute approximate surface area is 116 Å². The van der Waals surface area contributed by atoms with Crippen LogP contribution in [0.5, 0.6) is 0 Å². The number of hydrogen-bond donors (Lipinski definition) is 3. The fraction of sp³-hybridized carbons (Fsp3) is 0.462. The number of amides is 1. The number of anilines is 1. The van der Waals surface area contributed by atoms with E-state index in [1.54, 1.807) is 13.0 Å². The fourth-order valence-electron chi connectivity index (χ4n) is 2.35. The summed E-state index contributed by atoms with van der Waals surface area (Å²) >= 11 is 0. The second-order valence-corrected chi connectivity index (χ2v) is 5.00. The summed E-state index contributed by atoms with van der Waals surface area (Å²) in [5.41, 5.74) is 6.26. The maximum atomic E-state index is 12.2. The van der Waals surface area contributed by atoms with Gasteiger partial charge in [-0.15, -0.1) is 0 Å². The Balaban J connectivity index is 2.22. The van der Waals surface area contributed by atoms with Crippen LogP contribution in [0.25, 0.3) is 0 Å². The molecule has 0 radical (unpaired) electrons. The molecule has 1 fully saturated rings. The van der Waals surface area contributed by atoms with Gasteiger partial charge in [0.15, 0.2) is 0 Å². The molecule has 1 aliphatic heterocycles. The van der Waals surface area contributed by atoms with Crippen molar-refractivity contribution < 1.29 is 9.72 Å². The molecule has 20 heavy (non-hydrogen) atoms. The third-order valence-electron chi connectivity index (χ3n) is 3.42. The number of carbonyl (C=O) groups is 1. The molecule has 0 aliphatic carbocycles. The van der Waals surface area contributed by atoms with Gasteiger partial charge >= 0.3 is 0 Å². The van der Waals surface area contributed by atoms with Crippen LogP contribution in [0.15, 0.2) is 12.1 Å². The first kappa shape index (κ1) is 14.3. The van der Waals surface area contributed by atoms with Gasteiger partial charge in [-0.3, -0.25) is 14.9 Å². The molecule has 1 saturated heterocycles. The number of nitro groups is 1. The van der Waals surface area contributed by atoms with Crippen molar-refractivity contribution in [3.63, 3.8) is 0 Å². The predicted molar refractivity (Wildman–Crippen MR) is 75.6 cm³/mol. The number of nitrogens with two attached hydrogens (primary N) is 1. The standard InChI is InChI=1S/C13H18N4O3/c1-8-6-10(12(14)11(7-8)17(19)20)13(18)16-9-2-4-15-5-3-9/h6-7,9,15H,2-5,14H2,1H3,(H,16,18). The van der Waals surface area contributed by atoms with E-state index < -0.39 is 4.92 Å². The molecule has 0 spiro atoms. The fourth-order valence-corrected chi connectivity index (χ4v) is 2.35.